The summed E-state index contributed by atoms with van der Waals surface area (Å²) in [4.78, 5) is 21.4. The molecule has 0 amide bonds. The van der Waals surface area contributed by atoms with Gasteiger partial charge in [0, 0.05) is 11.3 Å². The summed E-state index contributed by atoms with van der Waals surface area (Å²) < 4.78 is 29.9. The maximum atomic E-state index is 11.6. The van der Waals surface area contributed by atoms with Gasteiger partial charge in [-0.3, -0.25) is 14.3 Å². The Morgan fingerprint density at radius 1 is 1.44 bits per heavy atom. The molecule has 1 N–H and O–H groups in total. The van der Waals surface area contributed by atoms with Crippen molar-refractivity contribution < 1.29 is 22.7 Å². The zero-order valence-corrected chi connectivity index (χ0v) is 10.6. The van der Waals surface area contributed by atoms with Crippen molar-refractivity contribution in [2.24, 2.45) is 0 Å². The number of methoxy groups -OCH3 is 1. The molecular weight excluding hydrogens is 258 g/mol. The summed E-state index contributed by atoms with van der Waals surface area (Å²) in [5.41, 5.74) is 0.646. The summed E-state index contributed by atoms with van der Waals surface area (Å²) in [5.74, 6) is -0.965. The van der Waals surface area contributed by atoms with Crippen molar-refractivity contribution >= 4 is 28.0 Å². The summed E-state index contributed by atoms with van der Waals surface area (Å²) >= 11 is 0. The van der Waals surface area contributed by atoms with Crippen LogP contribution in [0.2, 0.25) is 0 Å². The second-order valence-corrected chi connectivity index (χ2v) is 5.33. The van der Waals surface area contributed by atoms with Crippen LogP contribution in [0.5, 0.6) is 0 Å². The number of nitrogens with one attached hydrogen (secondary N) is 1. The Labute approximate surface area is 105 Å². The summed E-state index contributed by atoms with van der Waals surface area (Å²) in [6.07, 6.45) is 0.394. The third-order valence-corrected chi connectivity index (χ3v) is 3.39. The molecule has 0 aliphatic carbocycles. The molecule has 0 fully saturated rings. The topological polar surface area (TPSA) is 89.5 Å². The van der Waals surface area contributed by atoms with Crippen molar-refractivity contribution in [1.29, 1.82) is 0 Å². The molecule has 1 aromatic rings. The van der Waals surface area contributed by atoms with Crippen molar-refractivity contribution in [1.82, 2.24) is 0 Å². The highest BCUT2D eigenvalue weighted by Gasteiger charge is 2.13. The number of anilines is 1. The van der Waals surface area contributed by atoms with E-state index in [1.807, 2.05) is 0 Å². The predicted molar refractivity (Wildman–Crippen MR) is 65.9 cm³/mol. The van der Waals surface area contributed by atoms with Crippen LogP contribution >= 0.6 is 0 Å². The lowest BCUT2D eigenvalue weighted by atomic mass is 10.2. The second kappa shape index (κ2) is 6.15. The molecule has 18 heavy (non-hydrogen) atoms. The van der Waals surface area contributed by atoms with E-state index in [9.17, 15) is 18.0 Å². The number of hydrogen-bond donors (Lipinski definition) is 1. The van der Waals surface area contributed by atoms with Gasteiger partial charge in [0.2, 0.25) is 10.0 Å². The Bertz CT molecular complexity index is 538. The van der Waals surface area contributed by atoms with Gasteiger partial charge in [-0.1, -0.05) is 12.1 Å². The van der Waals surface area contributed by atoms with Gasteiger partial charge in [-0.15, -0.1) is 0 Å². The van der Waals surface area contributed by atoms with Gasteiger partial charge in [0.05, 0.1) is 19.3 Å². The molecule has 7 heteroatoms. The molecule has 0 saturated heterocycles. The van der Waals surface area contributed by atoms with Crippen LogP contribution in [0.4, 0.5) is 5.69 Å². The second-order valence-electron chi connectivity index (χ2n) is 3.49. The Morgan fingerprint density at radius 3 is 2.78 bits per heavy atom. The van der Waals surface area contributed by atoms with Crippen LogP contribution in [0.1, 0.15) is 16.8 Å². The normalized spacial score (nSPS) is 10.7. The van der Waals surface area contributed by atoms with Crippen LogP contribution in [-0.4, -0.2) is 33.5 Å². The van der Waals surface area contributed by atoms with E-state index < -0.39 is 16.0 Å². The zero-order valence-electron chi connectivity index (χ0n) is 9.75. The Kier molecular flexibility index (Phi) is 4.85. The number of rotatable bonds is 6. The summed E-state index contributed by atoms with van der Waals surface area (Å²) in [5, 5.41) is 0. The SMILES string of the molecule is COC(=O)CCS(=O)(=O)Nc1cccc(C=O)c1. The lowest BCUT2D eigenvalue weighted by Crippen LogP contribution is -2.19. The minimum Gasteiger partial charge on any atom is -0.469 e. The van der Waals surface area contributed by atoms with E-state index in [4.69, 9.17) is 0 Å². The number of ether oxygens (including phenoxy) is 1. The smallest absolute Gasteiger partial charge is 0.306 e. The minimum absolute atomic E-state index is 0.223. The van der Waals surface area contributed by atoms with Gasteiger partial charge in [-0.05, 0) is 12.1 Å². The predicted octanol–water partition coefficient (Wildman–Crippen LogP) is 0.804. The van der Waals surface area contributed by atoms with Crippen molar-refractivity contribution in [3.8, 4) is 0 Å². The molecule has 0 atom stereocenters. The summed E-state index contributed by atoms with van der Waals surface area (Å²) in [7, 11) is -2.44. The molecule has 0 heterocycles. The van der Waals surface area contributed by atoms with Crippen molar-refractivity contribution in [2.75, 3.05) is 17.6 Å². The number of aldehydes is 1. The number of carbonyl (C=O) groups excluding carboxylic acids is 2. The summed E-state index contributed by atoms with van der Waals surface area (Å²) in [6.45, 7) is 0. The molecular formula is C11H13NO5S. The van der Waals surface area contributed by atoms with Crippen LogP contribution in [0, 0.1) is 0 Å². The standard InChI is InChI=1S/C11H13NO5S/c1-17-11(14)5-6-18(15,16)12-10-4-2-3-9(7-10)8-13/h2-4,7-8,12H,5-6H2,1H3. The molecule has 98 valence electrons. The monoisotopic (exact) mass is 271 g/mol. The van der Waals surface area contributed by atoms with Gasteiger partial charge in [0.1, 0.15) is 6.29 Å². The van der Waals surface area contributed by atoms with E-state index in [1.165, 1.54) is 19.2 Å². The molecule has 0 bridgehead atoms. The average Bonchev–Trinajstić information content (AvgIpc) is 2.35. The van der Waals surface area contributed by atoms with Gasteiger partial charge in [0.25, 0.3) is 0 Å². The van der Waals surface area contributed by atoms with E-state index in [0.29, 0.717) is 11.8 Å². The lowest BCUT2D eigenvalue weighted by Gasteiger charge is -2.07. The van der Waals surface area contributed by atoms with Gasteiger partial charge in [-0.2, -0.15) is 0 Å². The largest absolute Gasteiger partial charge is 0.469 e. The molecule has 0 aliphatic rings. The minimum atomic E-state index is -3.63. The first kappa shape index (κ1) is 14.2. The van der Waals surface area contributed by atoms with Crippen molar-refractivity contribution in [3.05, 3.63) is 29.8 Å². The van der Waals surface area contributed by atoms with E-state index in [0.717, 1.165) is 0 Å². The van der Waals surface area contributed by atoms with Crippen LogP contribution in [0.25, 0.3) is 0 Å². The first-order chi connectivity index (χ1) is 8.46. The third-order valence-electron chi connectivity index (χ3n) is 2.10. The van der Waals surface area contributed by atoms with Crippen LogP contribution < -0.4 is 4.72 Å². The molecule has 1 rings (SSSR count). The highest BCUT2D eigenvalue weighted by Crippen LogP contribution is 2.11. The Balaban J connectivity index is 2.70. The molecule has 0 aromatic heterocycles. The van der Waals surface area contributed by atoms with Gasteiger partial charge >= 0.3 is 5.97 Å². The van der Waals surface area contributed by atoms with Crippen molar-refractivity contribution in [2.45, 2.75) is 6.42 Å². The highest BCUT2D eigenvalue weighted by atomic mass is 32.2. The quantitative estimate of drug-likeness (QED) is 0.610. The first-order valence-electron chi connectivity index (χ1n) is 5.09. The first-order valence-corrected chi connectivity index (χ1v) is 6.74. The van der Waals surface area contributed by atoms with E-state index >= 15 is 0 Å². The van der Waals surface area contributed by atoms with E-state index in [1.54, 1.807) is 12.1 Å². The maximum Gasteiger partial charge on any atom is 0.306 e. The maximum absolute atomic E-state index is 11.6. The lowest BCUT2D eigenvalue weighted by molar-refractivity contribution is -0.140. The van der Waals surface area contributed by atoms with Crippen LogP contribution in [0.3, 0.4) is 0 Å². The van der Waals surface area contributed by atoms with Gasteiger partial charge in [-0.25, -0.2) is 8.42 Å². The fourth-order valence-electron chi connectivity index (χ4n) is 1.23. The number of carbonyl (C=O) groups is 2. The molecule has 0 radical (unpaired) electrons. The highest BCUT2D eigenvalue weighted by molar-refractivity contribution is 7.92. The van der Waals surface area contributed by atoms with Gasteiger partial charge in [0.15, 0.2) is 0 Å². The Morgan fingerprint density at radius 2 is 2.17 bits per heavy atom. The van der Waals surface area contributed by atoms with Crippen LogP contribution in [0.15, 0.2) is 24.3 Å². The molecule has 0 unspecified atom stereocenters. The van der Waals surface area contributed by atoms with E-state index in [2.05, 4.69) is 9.46 Å². The molecule has 0 spiro atoms. The molecule has 1 aromatic carbocycles. The molecule has 6 nitrogen and oxygen atoms in total. The van der Waals surface area contributed by atoms with Gasteiger partial charge < -0.3 is 4.74 Å². The Hall–Kier alpha value is -1.89. The zero-order chi connectivity index (χ0) is 13.6. The number of sulfonamides is 1. The molecule has 0 saturated carbocycles. The molecule has 0 aliphatic heterocycles. The number of hydrogen-bond acceptors (Lipinski definition) is 5. The third kappa shape index (κ3) is 4.54. The van der Waals surface area contributed by atoms with Crippen LogP contribution in [-0.2, 0) is 19.6 Å². The van der Waals surface area contributed by atoms with Crippen molar-refractivity contribution in [3.63, 3.8) is 0 Å². The average molecular weight is 271 g/mol. The summed E-state index contributed by atoms with van der Waals surface area (Å²) in [6, 6.07) is 6.03. The number of esters is 1. The fourth-order valence-corrected chi connectivity index (χ4v) is 2.25. The fraction of sp³-hybridized carbons (Fsp3) is 0.273. The van der Waals surface area contributed by atoms with E-state index in [-0.39, 0.29) is 17.9 Å². The number of benzene rings is 1.